The van der Waals surface area contributed by atoms with Crippen LogP contribution < -0.4 is 10.6 Å². The summed E-state index contributed by atoms with van der Waals surface area (Å²) in [7, 11) is 0. The summed E-state index contributed by atoms with van der Waals surface area (Å²) >= 11 is 0. The summed E-state index contributed by atoms with van der Waals surface area (Å²) in [4.78, 5) is 11.8. The number of aromatic nitrogens is 2. The quantitative estimate of drug-likeness (QED) is 0.757. The van der Waals surface area contributed by atoms with Crippen LogP contribution in [0.25, 0.3) is 0 Å². The van der Waals surface area contributed by atoms with Crippen molar-refractivity contribution in [2.45, 2.75) is 19.4 Å². The Labute approximate surface area is 94.6 Å². The summed E-state index contributed by atoms with van der Waals surface area (Å²) in [6, 6.07) is 3.68. The van der Waals surface area contributed by atoms with Gasteiger partial charge in [0.2, 0.25) is 5.91 Å². The molecular weight excluding hydrogens is 204 g/mol. The van der Waals surface area contributed by atoms with E-state index in [1.165, 1.54) is 0 Å². The number of carbonyl (C=O) groups is 1. The predicted octanol–water partition coefficient (Wildman–Crippen LogP) is 0.0924. The van der Waals surface area contributed by atoms with Crippen LogP contribution in [0.4, 0.5) is 0 Å². The molecule has 0 bridgehead atoms. The van der Waals surface area contributed by atoms with Crippen LogP contribution in [-0.4, -0.2) is 29.2 Å². The molecular formula is C11H16N4O. The van der Waals surface area contributed by atoms with E-state index < -0.39 is 0 Å². The zero-order valence-electron chi connectivity index (χ0n) is 9.15. The molecule has 1 aromatic heterocycles. The van der Waals surface area contributed by atoms with Gasteiger partial charge in [0.25, 0.3) is 0 Å². The van der Waals surface area contributed by atoms with Gasteiger partial charge in [-0.05, 0) is 38.1 Å². The van der Waals surface area contributed by atoms with E-state index in [0.717, 1.165) is 31.6 Å². The summed E-state index contributed by atoms with van der Waals surface area (Å²) in [6.07, 6.45) is 3.47. The molecule has 0 saturated carbocycles. The van der Waals surface area contributed by atoms with Crippen molar-refractivity contribution in [1.29, 1.82) is 0 Å². The van der Waals surface area contributed by atoms with E-state index in [1.807, 2.05) is 12.1 Å². The molecule has 2 rings (SSSR count). The van der Waals surface area contributed by atoms with Crippen LogP contribution in [0.2, 0.25) is 0 Å². The SMILES string of the molecule is O=C(NCc1cccnn1)C1CCNCC1. The summed E-state index contributed by atoms with van der Waals surface area (Å²) in [5, 5.41) is 13.8. The maximum atomic E-state index is 11.8. The maximum Gasteiger partial charge on any atom is 0.223 e. The third kappa shape index (κ3) is 3.00. The number of hydrogen-bond acceptors (Lipinski definition) is 4. The number of rotatable bonds is 3. The summed E-state index contributed by atoms with van der Waals surface area (Å²) in [5.74, 6) is 0.282. The highest BCUT2D eigenvalue weighted by Gasteiger charge is 2.20. The van der Waals surface area contributed by atoms with E-state index in [1.54, 1.807) is 6.20 Å². The summed E-state index contributed by atoms with van der Waals surface area (Å²) in [6.45, 7) is 2.34. The van der Waals surface area contributed by atoms with E-state index >= 15 is 0 Å². The van der Waals surface area contributed by atoms with Crippen molar-refractivity contribution in [3.05, 3.63) is 24.0 Å². The van der Waals surface area contributed by atoms with Crippen LogP contribution >= 0.6 is 0 Å². The Morgan fingerprint density at radius 3 is 3.00 bits per heavy atom. The number of amides is 1. The fourth-order valence-corrected chi connectivity index (χ4v) is 1.83. The Hall–Kier alpha value is -1.49. The minimum atomic E-state index is 0.132. The number of piperidine rings is 1. The van der Waals surface area contributed by atoms with Crippen molar-refractivity contribution >= 4 is 5.91 Å². The fourth-order valence-electron chi connectivity index (χ4n) is 1.83. The van der Waals surface area contributed by atoms with Crippen LogP contribution in [0, 0.1) is 5.92 Å². The number of carbonyl (C=O) groups excluding carboxylic acids is 1. The van der Waals surface area contributed by atoms with Gasteiger partial charge in [0.1, 0.15) is 0 Å². The Bertz CT molecular complexity index is 335. The second kappa shape index (κ2) is 5.55. The highest BCUT2D eigenvalue weighted by atomic mass is 16.1. The molecule has 86 valence electrons. The Kier molecular flexibility index (Phi) is 3.82. The van der Waals surface area contributed by atoms with Crippen molar-refractivity contribution in [3.63, 3.8) is 0 Å². The van der Waals surface area contributed by atoms with E-state index in [2.05, 4.69) is 20.8 Å². The molecule has 2 N–H and O–H groups in total. The van der Waals surface area contributed by atoms with Gasteiger partial charge < -0.3 is 10.6 Å². The largest absolute Gasteiger partial charge is 0.350 e. The van der Waals surface area contributed by atoms with Gasteiger partial charge in [0.05, 0.1) is 12.2 Å². The van der Waals surface area contributed by atoms with Gasteiger partial charge in [-0.25, -0.2) is 0 Å². The average molecular weight is 220 g/mol. The normalized spacial score (nSPS) is 17.0. The van der Waals surface area contributed by atoms with Gasteiger partial charge in [-0.1, -0.05) is 0 Å². The fraction of sp³-hybridized carbons (Fsp3) is 0.545. The van der Waals surface area contributed by atoms with Gasteiger partial charge in [-0.15, -0.1) is 0 Å². The van der Waals surface area contributed by atoms with Gasteiger partial charge >= 0.3 is 0 Å². The van der Waals surface area contributed by atoms with Crippen molar-refractivity contribution in [2.75, 3.05) is 13.1 Å². The molecule has 0 radical (unpaired) electrons. The lowest BCUT2D eigenvalue weighted by atomic mass is 9.97. The standard InChI is InChI=1S/C11H16N4O/c16-11(9-3-6-12-7-4-9)13-8-10-2-1-5-14-15-10/h1-2,5,9,12H,3-4,6-8H2,(H,13,16). The molecule has 1 aromatic rings. The van der Waals surface area contributed by atoms with Crippen molar-refractivity contribution in [2.24, 2.45) is 5.92 Å². The third-order valence-corrected chi connectivity index (χ3v) is 2.78. The monoisotopic (exact) mass is 220 g/mol. The zero-order valence-corrected chi connectivity index (χ0v) is 9.15. The van der Waals surface area contributed by atoms with Crippen LogP contribution in [0.1, 0.15) is 18.5 Å². The predicted molar refractivity (Wildman–Crippen MR) is 59.5 cm³/mol. The molecule has 0 aromatic carbocycles. The van der Waals surface area contributed by atoms with Crippen molar-refractivity contribution in [1.82, 2.24) is 20.8 Å². The number of nitrogens with zero attached hydrogens (tertiary/aromatic N) is 2. The summed E-state index contributed by atoms with van der Waals surface area (Å²) < 4.78 is 0. The Balaban J connectivity index is 1.79. The number of nitrogens with one attached hydrogen (secondary N) is 2. The molecule has 1 saturated heterocycles. The zero-order chi connectivity index (χ0) is 11.2. The van der Waals surface area contributed by atoms with Crippen LogP contribution in [-0.2, 0) is 11.3 Å². The van der Waals surface area contributed by atoms with E-state index in [-0.39, 0.29) is 11.8 Å². The molecule has 0 atom stereocenters. The molecule has 1 fully saturated rings. The maximum absolute atomic E-state index is 11.8. The first kappa shape index (κ1) is 11.0. The lowest BCUT2D eigenvalue weighted by Gasteiger charge is -2.21. The lowest BCUT2D eigenvalue weighted by molar-refractivity contribution is -0.125. The van der Waals surface area contributed by atoms with Gasteiger partial charge in [-0.3, -0.25) is 4.79 Å². The van der Waals surface area contributed by atoms with Crippen molar-refractivity contribution < 1.29 is 4.79 Å². The van der Waals surface area contributed by atoms with E-state index in [0.29, 0.717) is 6.54 Å². The second-order valence-corrected chi connectivity index (χ2v) is 3.96. The Morgan fingerprint density at radius 2 is 2.31 bits per heavy atom. The molecule has 16 heavy (non-hydrogen) atoms. The summed E-state index contributed by atoms with van der Waals surface area (Å²) in [5.41, 5.74) is 0.796. The molecule has 0 aliphatic carbocycles. The van der Waals surface area contributed by atoms with Crippen LogP contribution in [0.15, 0.2) is 18.3 Å². The molecule has 0 spiro atoms. The first-order valence-electron chi connectivity index (χ1n) is 5.61. The number of hydrogen-bond donors (Lipinski definition) is 2. The minimum Gasteiger partial charge on any atom is -0.350 e. The smallest absolute Gasteiger partial charge is 0.223 e. The topological polar surface area (TPSA) is 66.9 Å². The third-order valence-electron chi connectivity index (χ3n) is 2.78. The van der Waals surface area contributed by atoms with Crippen LogP contribution in [0.3, 0.4) is 0 Å². The molecule has 5 heteroatoms. The minimum absolute atomic E-state index is 0.132. The molecule has 1 aliphatic heterocycles. The first-order chi connectivity index (χ1) is 7.86. The van der Waals surface area contributed by atoms with Gasteiger partial charge in [-0.2, -0.15) is 10.2 Å². The van der Waals surface area contributed by atoms with E-state index in [4.69, 9.17) is 0 Å². The van der Waals surface area contributed by atoms with Gasteiger partial charge in [0, 0.05) is 12.1 Å². The first-order valence-corrected chi connectivity index (χ1v) is 5.61. The average Bonchev–Trinajstić information content (AvgIpc) is 2.38. The second-order valence-electron chi connectivity index (χ2n) is 3.96. The highest BCUT2D eigenvalue weighted by molar-refractivity contribution is 5.78. The Morgan fingerprint density at radius 1 is 1.50 bits per heavy atom. The van der Waals surface area contributed by atoms with E-state index in [9.17, 15) is 4.79 Å². The highest BCUT2D eigenvalue weighted by Crippen LogP contribution is 2.11. The molecule has 0 unspecified atom stereocenters. The molecule has 1 aliphatic rings. The lowest BCUT2D eigenvalue weighted by Crippen LogP contribution is -2.38. The van der Waals surface area contributed by atoms with Gasteiger partial charge in [0.15, 0.2) is 0 Å². The molecule has 2 heterocycles. The van der Waals surface area contributed by atoms with Crippen LogP contribution in [0.5, 0.6) is 0 Å². The molecule has 1 amide bonds. The van der Waals surface area contributed by atoms with Crippen molar-refractivity contribution in [3.8, 4) is 0 Å². The molecule has 5 nitrogen and oxygen atoms in total.